The minimum Gasteiger partial charge on any atom is -0.286 e. The van der Waals surface area contributed by atoms with Gasteiger partial charge in [-0.15, -0.1) is 5.10 Å². The summed E-state index contributed by atoms with van der Waals surface area (Å²) in [6.07, 6.45) is 0. The molecule has 0 spiro atoms. The molecule has 0 radical (unpaired) electrons. The lowest BCUT2D eigenvalue weighted by atomic mass is 10.5. The zero-order chi connectivity index (χ0) is 9.59. The summed E-state index contributed by atoms with van der Waals surface area (Å²) in [4.78, 5) is 11.5. The average molecular weight is 197 g/mol. The van der Waals surface area contributed by atoms with E-state index in [2.05, 4.69) is 15.4 Å². The van der Waals surface area contributed by atoms with Crippen molar-refractivity contribution in [3.63, 3.8) is 0 Å². The van der Waals surface area contributed by atoms with Crippen LogP contribution in [0.2, 0.25) is 0 Å². The number of aryl methyl sites for hydroxylation is 1. The fraction of sp³-hybridized carbons (Fsp3) is 0.333. The number of H-pyrrole nitrogens is 1. The molecule has 2 heterocycles. The van der Waals surface area contributed by atoms with Crippen molar-refractivity contribution in [2.75, 3.05) is 0 Å². The first kappa shape index (κ1) is 8.11. The van der Waals surface area contributed by atoms with E-state index in [1.165, 1.54) is 9.13 Å². The van der Waals surface area contributed by atoms with Crippen molar-refractivity contribution in [1.82, 2.24) is 24.5 Å². The molecule has 0 aliphatic rings. The summed E-state index contributed by atoms with van der Waals surface area (Å²) in [6.45, 7) is 0. The lowest BCUT2D eigenvalue weighted by molar-refractivity contribution is 0.720. The minimum atomic E-state index is -0.202. The number of nitrogens with zero attached hydrogens (tertiary/aromatic N) is 4. The third-order valence-electron chi connectivity index (χ3n) is 1.93. The highest BCUT2D eigenvalue weighted by molar-refractivity contribution is 7.71. The van der Waals surface area contributed by atoms with Crippen LogP contribution >= 0.6 is 12.2 Å². The molecule has 0 bridgehead atoms. The highest BCUT2D eigenvalue weighted by atomic mass is 32.1. The predicted octanol–water partition coefficient (Wildman–Crippen LogP) is -0.275. The maximum atomic E-state index is 11.5. The van der Waals surface area contributed by atoms with Crippen LogP contribution in [0.15, 0.2) is 4.79 Å². The Kier molecular flexibility index (Phi) is 1.56. The molecule has 0 saturated heterocycles. The number of hydrogen-bond donors (Lipinski definition) is 1. The second-order valence-corrected chi connectivity index (χ2v) is 3.09. The van der Waals surface area contributed by atoms with Gasteiger partial charge in [-0.2, -0.15) is 10.3 Å². The molecule has 68 valence electrons. The summed E-state index contributed by atoms with van der Waals surface area (Å²) in [5.41, 5.74) is 0.819. The maximum absolute atomic E-state index is 11.5. The number of aromatic nitrogens is 5. The van der Waals surface area contributed by atoms with Gasteiger partial charge in [0.1, 0.15) is 4.64 Å². The van der Waals surface area contributed by atoms with Crippen molar-refractivity contribution in [2.45, 2.75) is 0 Å². The lowest BCUT2D eigenvalue weighted by Crippen LogP contribution is -2.27. The van der Waals surface area contributed by atoms with Crippen LogP contribution in [0.3, 0.4) is 0 Å². The molecule has 0 saturated carbocycles. The normalized spacial score (nSPS) is 10.9. The molecule has 0 aromatic carbocycles. The smallest absolute Gasteiger partial charge is 0.286 e. The Bertz CT molecular complexity index is 577. The lowest BCUT2D eigenvalue weighted by Gasteiger charge is -2.01. The van der Waals surface area contributed by atoms with Gasteiger partial charge in [-0.3, -0.25) is 9.13 Å². The van der Waals surface area contributed by atoms with Gasteiger partial charge in [0.25, 0.3) is 0 Å². The van der Waals surface area contributed by atoms with Crippen molar-refractivity contribution in [3.8, 4) is 0 Å². The van der Waals surface area contributed by atoms with E-state index in [-0.39, 0.29) is 5.69 Å². The van der Waals surface area contributed by atoms with E-state index < -0.39 is 0 Å². The Morgan fingerprint density at radius 1 is 1.31 bits per heavy atom. The van der Waals surface area contributed by atoms with E-state index in [4.69, 9.17) is 12.2 Å². The first-order valence-corrected chi connectivity index (χ1v) is 4.00. The van der Waals surface area contributed by atoms with Crippen LogP contribution < -0.4 is 5.69 Å². The van der Waals surface area contributed by atoms with Crippen LogP contribution in [0.25, 0.3) is 11.2 Å². The Morgan fingerprint density at radius 2 is 2.00 bits per heavy atom. The van der Waals surface area contributed by atoms with Gasteiger partial charge in [0.05, 0.1) is 0 Å². The highest BCUT2D eigenvalue weighted by Crippen LogP contribution is 2.04. The van der Waals surface area contributed by atoms with Crippen LogP contribution in [0.5, 0.6) is 0 Å². The van der Waals surface area contributed by atoms with Crippen LogP contribution in [0.1, 0.15) is 0 Å². The Morgan fingerprint density at radius 3 is 2.69 bits per heavy atom. The average Bonchev–Trinajstić information content (AvgIpc) is 2.59. The van der Waals surface area contributed by atoms with E-state index in [1.54, 1.807) is 14.1 Å². The van der Waals surface area contributed by atoms with Gasteiger partial charge < -0.3 is 0 Å². The molecule has 0 amide bonds. The van der Waals surface area contributed by atoms with Crippen molar-refractivity contribution >= 4 is 23.4 Å². The van der Waals surface area contributed by atoms with E-state index in [0.717, 1.165) is 0 Å². The molecule has 13 heavy (non-hydrogen) atoms. The molecule has 0 aliphatic heterocycles. The number of fused-ring (bicyclic) bond motifs is 1. The standard InChI is InChI=1S/C6H7N5OS/c1-10-4-3(7-9-8-4)5(13)11(2)6(10)12/h1-2H3,(H,7,8,9). The predicted molar refractivity (Wildman–Crippen MR) is 48.9 cm³/mol. The Hall–Kier alpha value is -1.50. The SMILES string of the molecule is Cn1c(=S)c2n[nH]nc2n(C)c1=O. The summed E-state index contributed by atoms with van der Waals surface area (Å²) in [5.74, 6) is 0. The molecule has 0 atom stereocenters. The minimum absolute atomic E-state index is 0.202. The van der Waals surface area contributed by atoms with E-state index in [0.29, 0.717) is 15.8 Å². The van der Waals surface area contributed by atoms with Gasteiger partial charge >= 0.3 is 5.69 Å². The van der Waals surface area contributed by atoms with Gasteiger partial charge in [-0.05, 0) is 0 Å². The molecule has 0 fully saturated rings. The first-order valence-electron chi connectivity index (χ1n) is 3.59. The van der Waals surface area contributed by atoms with Crippen molar-refractivity contribution in [2.24, 2.45) is 14.1 Å². The summed E-state index contributed by atoms with van der Waals surface area (Å²) in [5, 5.41) is 10.1. The molecular formula is C6H7N5OS. The molecule has 6 nitrogen and oxygen atoms in total. The van der Waals surface area contributed by atoms with Gasteiger partial charge in [0.2, 0.25) is 0 Å². The summed E-state index contributed by atoms with van der Waals surface area (Å²) in [7, 11) is 3.24. The molecule has 7 heteroatoms. The quantitative estimate of drug-likeness (QED) is 0.590. The molecule has 1 N–H and O–H groups in total. The second-order valence-electron chi connectivity index (χ2n) is 2.70. The largest absolute Gasteiger partial charge is 0.330 e. The third-order valence-corrected chi connectivity index (χ3v) is 2.40. The molecule has 0 aliphatic carbocycles. The topological polar surface area (TPSA) is 68.5 Å². The van der Waals surface area contributed by atoms with E-state index in [9.17, 15) is 4.79 Å². The number of rotatable bonds is 0. The molecule has 2 rings (SSSR count). The Labute approximate surface area is 77.8 Å². The van der Waals surface area contributed by atoms with Crippen molar-refractivity contribution < 1.29 is 0 Å². The summed E-state index contributed by atoms with van der Waals surface area (Å²) in [6, 6.07) is 0. The second kappa shape index (κ2) is 2.49. The highest BCUT2D eigenvalue weighted by Gasteiger charge is 2.08. The third kappa shape index (κ3) is 0.934. The van der Waals surface area contributed by atoms with Crippen LogP contribution in [-0.4, -0.2) is 24.5 Å². The van der Waals surface area contributed by atoms with Crippen molar-refractivity contribution in [1.29, 1.82) is 0 Å². The van der Waals surface area contributed by atoms with Gasteiger partial charge in [-0.25, -0.2) is 4.79 Å². The molecular weight excluding hydrogens is 190 g/mol. The summed E-state index contributed by atoms with van der Waals surface area (Å²) >= 11 is 5.02. The molecule has 0 unspecified atom stereocenters. The molecule has 2 aromatic rings. The number of hydrogen-bond acceptors (Lipinski definition) is 4. The van der Waals surface area contributed by atoms with Crippen LogP contribution in [0, 0.1) is 4.64 Å². The van der Waals surface area contributed by atoms with Crippen LogP contribution in [-0.2, 0) is 14.1 Å². The zero-order valence-corrected chi connectivity index (χ0v) is 7.92. The van der Waals surface area contributed by atoms with E-state index in [1.807, 2.05) is 0 Å². The van der Waals surface area contributed by atoms with Gasteiger partial charge in [0, 0.05) is 14.1 Å². The fourth-order valence-electron chi connectivity index (χ4n) is 1.16. The van der Waals surface area contributed by atoms with E-state index >= 15 is 0 Å². The number of aromatic amines is 1. The first-order chi connectivity index (χ1) is 6.13. The fourth-order valence-corrected chi connectivity index (χ4v) is 1.38. The van der Waals surface area contributed by atoms with Gasteiger partial charge in [-0.1, -0.05) is 12.2 Å². The monoisotopic (exact) mass is 197 g/mol. The Balaban J connectivity index is 3.21. The van der Waals surface area contributed by atoms with Crippen molar-refractivity contribution in [3.05, 3.63) is 15.1 Å². The zero-order valence-electron chi connectivity index (χ0n) is 7.11. The molecule has 2 aromatic heterocycles. The maximum Gasteiger partial charge on any atom is 0.330 e. The summed E-state index contributed by atoms with van der Waals surface area (Å²) < 4.78 is 3.15. The van der Waals surface area contributed by atoms with Gasteiger partial charge in [0.15, 0.2) is 11.2 Å². The van der Waals surface area contributed by atoms with Crippen LogP contribution in [0.4, 0.5) is 0 Å². The number of nitrogens with one attached hydrogen (secondary N) is 1.